The first kappa shape index (κ1) is 16.0. The van der Waals surface area contributed by atoms with Crippen LogP contribution in [-0.4, -0.2) is 17.9 Å². The summed E-state index contributed by atoms with van der Waals surface area (Å²) < 4.78 is 6.64. The third-order valence-corrected chi connectivity index (χ3v) is 10.7. The molecule has 1 heterocycles. The van der Waals surface area contributed by atoms with Crippen molar-refractivity contribution in [3.8, 4) is 0 Å². The van der Waals surface area contributed by atoms with Crippen LogP contribution in [0.25, 0.3) is 0 Å². The van der Waals surface area contributed by atoms with E-state index < -0.39 is 0 Å². The maximum Gasteiger partial charge on any atom is 0.0957 e. The van der Waals surface area contributed by atoms with Crippen LogP contribution in [0.3, 0.4) is 0 Å². The molecule has 1 N–H and O–H groups in total. The zero-order valence-electron chi connectivity index (χ0n) is 16.7. The highest BCUT2D eigenvalue weighted by Crippen LogP contribution is 2.80. The molecule has 8 atom stereocenters. The molecule has 0 radical (unpaired) electrons. The van der Waals surface area contributed by atoms with Crippen molar-refractivity contribution >= 4 is 5.71 Å². The van der Waals surface area contributed by atoms with Crippen molar-refractivity contribution in [1.82, 2.24) is 0 Å². The molecule has 2 heteroatoms. The average molecular weight is 364 g/mol. The Balaban J connectivity index is 1.33. The van der Waals surface area contributed by atoms with Gasteiger partial charge in [-0.1, -0.05) is 24.6 Å². The van der Waals surface area contributed by atoms with Gasteiger partial charge in [0, 0.05) is 11.1 Å². The molecular formula is C25H33NO. The summed E-state index contributed by atoms with van der Waals surface area (Å²) in [4.78, 5) is 0. The van der Waals surface area contributed by atoms with Gasteiger partial charge in [-0.2, -0.15) is 0 Å². The quantitative estimate of drug-likeness (QED) is 0.610. The van der Waals surface area contributed by atoms with Crippen LogP contribution in [-0.2, 0) is 4.74 Å². The fourth-order valence-electron chi connectivity index (χ4n) is 9.64. The number of nitrogens with one attached hydrogen (secondary N) is 1. The van der Waals surface area contributed by atoms with Gasteiger partial charge in [-0.3, -0.25) is 0 Å². The van der Waals surface area contributed by atoms with Crippen LogP contribution in [0.4, 0.5) is 0 Å². The summed E-state index contributed by atoms with van der Waals surface area (Å²) in [5, 5.41) is 8.27. The predicted molar refractivity (Wildman–Crippen MR) is 107 cm³/mol. The first-order valence-corrected chi connectivity index (χ1v) is 11.8. The van der Waals surface area contributed by atoms with E-state index in [4.69, 9.17) is 10.1 Å². The third kappa shape index (κ3) is 1.69. The fraction of sp³-hybridized carbons (Fsp3) is 0.800. The maximum absolute atomic E-state index is 8.27. The molecule has 7 rings (SSSR count). The van der Waals surface area contributed by atoms with Crippen molar-refractivity contribution in [2.45, 2.75) is 70.3 Å². The molecule has 0 amide bonds. The van der Waals surface area contributed by atoms with Gasteiger partial charge in [-0.15, -0.1) is 0 Å². The van der Waals surface area contributed by atoms with Gasteiger partial charge in [0.25, 0.3) is 0 Å². The monoisotopic (exact) mass is 363 g/mol. The van der Waals surface area contributed by atoms with Gasteiger partial charge < -0.3 is 10.1 Å². The molecule has 5 unspecified atom stereocenters. The Morgan fingerprint density at radius 1 is 1.15 bits per heavy atom. The van der Waals surface area contributed by atoms with Gasteiger partial charge in [-0.25, -0.2) is 0 Å². The molecule has 7 aliphatic rings. The molecule has 5 fully saturated rings. The lowest BCUT2D eigenvalue weighted by Gasteiger charge is -2.60. The van der Waals surface area contributed by atoms with Gasteiger partial charge >= 0.3 is 0 Å². The maximum atomic E-state index is 8.27. The Labute approximate surface area is 163 Å². The zero-order valence-corrected chi connectivity index (χ0v) is 16.7. The minimum absolute atomic E-state index is 0.101. The molecular weight excluding hydrogens is 330 g/mol. The van der Waals surface area contributed by atoms with Crippen molar-refractivity contribution in [2.24, 2.45) is 46.3 Å². The zero-order chi connectivity index (χ0) is 18.0. The molecule has 0 aromatic carbocycles. The second-order valence-corrected chi connectivity index (χ2v) is 11.2. The van der Waals surface area contributed by atoms with Crippen molar-refractivity contribution in [3.63, 3.8) is 0 Å². The van der Waals surface area contributed by atoms with E-state index in [2.05, 4.69) is 25.2 Å². The summed E-state index contributed by atoms with van der Waals surface area (Å²) in [7, 11) is 0. The number of fused-ring (bicyclic) bond motifs is 10. The van der Waals surface area contributed by atoms with Crippen LogP contribution in [0.5, 0.6) is 0 Å². The highest BCUT2D eigenvalue weighted by atomic mass is 16.5. The lowest BCUT2D eigenvalue weighted by Crippen LogP contribution is -2.56. The highest BCUT2D eigenvalue weighted by Gasteiger charge is 2.78. The van der Waals surface area contributed by atoms with Gasteiger partial charge in [0.05, 0.1) is 12.2 Å². The predicted octanol–water partition coefficient (Wildman–Crippen LogP) is 5.54. The lowest BCUT2D eigenvalue weighted by atomic mass is 9.46. The Bertz CT molecular complexity index is 790. The minimum atomic E-state index is 0.101. The van der Waals surface area contributed by atoms with E-state index >= 15 is 0 Å². The number of hydrogen-bond acceptors (Lipinski definition) is 2. The standard InChI is InChI=1S/C25H33NO/c1-2-24-8-6-16-17-5-4-15(26)12-20(17)23(9-10-23)14-19(16)22(24)18-13-21(18)25(24)7-3-11-27-25/h3,7,12,16-19,21-22,26H,2,4-6,8-11,13-14H2,1H3/t16?,17-,18?,19?,21?,22?,24+,25+/m1/s1. The minimum Gasteiger partial charge on any atom is -0.366 e. The van der Waals surface area contributed by atoms with E-state index in [1.807, 2.05) is 0 Å². The molecule has 144 valence electrons. The molecule has 0 aromatic heterocycles. The second kappa shape index (κ2) is 4.81. The lowest BCUT2D eigenvalue weighted by molar-refractivity contribution is -0.146. The molecule has 0 bridgehead atoms. The van der Waals surface area contributed by atoms with Crippen LogP contribution in [0.1, 0.15) is 64.7 Å². The number of hydrogen-bond donors (Lipinski definition) is 1. The average Bonchev–Trinajstić information content (AvgIpc) is 3.58. The summed E-state index contributed by atoms with van der Waals surface area (Å²) in [5.41, 5.74) is 3.69. The summed E-state index contributed by atoms with van der Waals surface area (Å²) in [5.74, 6) is 5.33. The molecule has 5 saturated carbocycles. The van der Waals surface area contributed by atoms with Crippen molar-refractivity contribution in [2.75, 3.05) is 6.61 Å². The van der Waals surface area contributed by atoms with Crippen LogP contribution in [0.15, 0.2) is 23.8 Å². The second-order valence-electron chi connectivity index (χ2n) is 11.2. The Morgan fingerprint density at radius 2 is 2.04 bits per heavy atom. The first-order chi connectivity index (χ1) is 13.1. The van der Waals surface area contributed by atoms with E-state index in [0.29, 0.717) is 10.8 Å². The molecule has 27 heavy (non-hydrogen) atoms. The largest absolute Gasteiger partial charge is 0.366 e. The SMILES string of the molecule is CC[C@]12CCC3C(CC4(CC4)C4=CC(=N)CC[C@@H]43)C1C1CC1[C@@]21C=CCO1. The third-order valence-electron chi connectivity index (χ3n) is 10.7. The van der Waals surface area contributed by atoms with Gasteiger partial charge in [0.1, 0.15) is 0 Å². The topological polar surface area (TPSA) is 33.1 Å². The molecule has 1 aliphatic heterocycles. The van der Waals surface area contributed by atoms with E-state index in [0.717, 1.165) is 54.2 Å². The van der Waals surface area contributed by atoms with Crippen LogP contribution in [0, 0.1) is 51.7 Å². The van der Waals surface area contributed by atoms with Crippen LogP contribution >= 0.6 is 0 Å². The molecule has 2 spiro atoms. The summed E-state index contributed by atoms with van der Waals surface area (Å²) in [6.45, 7) is 3.33. The Kier molecular flexibility index (Phi) is 2.84. The van der Waals surface area contributed by atoms with E-state index in [1.54, 1.807) is 5.57 Å². The number of ether oxygens (including phenoxy) is 1. The molecule has 0 aromatic rings. The highest BCUT2D eigenvalue weighted by molar-refractivity contribution is 5.94. The van der Waals surface area contributed by atoms with E-state index in [-0.39, 0.29) is 5.60 Å². The van der Waals surface area contributed by atoms with E-state index in [1.165, 1.54) is 51.4 Å². The summed E-state index contributed by atoms with van der Waals surface area (Å²) in [6, 6.07) is 0. The number of allylic oxidation sites excluding steroid dienone is 2. The van der Waals surface area contributed by atoms with E-state index in [9.17, 15) is 0 Å². The molecule has 2 nitrogen and oxygen atoms in total. The Morgan fingerprint density at radius 3 is 2.78 bits per heavy atom. The van der Waals surface area contributed by atoms with Crippen molar-refractivity contribution in [1.29, 1.82) is 5.41 Å². The smallest absolute Gasteiger partial charge is 0.0957 e. The normalized spacial score (nSPS) is 55.7. The van der Waals surface area contributed by atoms with Crippen molar-refractivity contribution in [3.05, 3.63) is 23.8 Å². The van der Waals surface area contributed by atoms with Gasteiger partial charge in [0.2, 0.25) is 0 Å². The van der Waals surface area contributed by atoms with Crippen molar-refractivity contribution < 1.29 is 4.74 Å². The fourth-order valence-corrected chi connectivity index (χ4v) is 9.64. The molecule has 6 aliphatic carbocycles. The van der Waals surface area contributed by atoms with Crippen LogP contribution < -0.4 is 0 Å². The summed E-state index contributed by atoms with van der Waals surface area (Å²) in [6.07, 6.45) is 19.3. The van der Waals surface area contributed by atoms with Crippen LogP contribution in [0.2, 0.25) is 0 Å². The van der Waals surface area contributed by atoms with Gasteiger partial charge in [0.15, 0.2) is 0 Å². The van der Waals surface area contributed by atoms with Gasteiger partial charge in [-0.05, 0) is 105 Å². The first-order valence-electron chi connectivity index (χ1n) is 11.8. The molecule has 0 saturated heterocycles. The Hall–Kier alpha value is -0.890. The summed E-state index contributed by atoms with van der Waals surface area (Å²) >= 11 is 0. The number of rotatable bonds is 1.